The van der Waals surface area contributed by atoms with Gasteiger partial charge in [0.2, 0.25) is 5.91 Å². The van der Waals surface area contributed by atoms with Gasteiger partial charge >= 0.3 is 0 Å². The fraction of sp³-hybridized carbons (Fsp3) is 0.125. The van der Waals surface area contributed by atoms with Gasteiger partial charge in [-0.2, -0.15) is 5.10 Å². The molecule has 0 heterocycles. The van der Waals surface area contributed by atoms with E-state index in [0.717, 1.165) is 5.56 Å². The summed E-state index contributed by atoms with van der Waals surface area (Å²) in [5.74, 6) is -0.203. The van der Waals surface area contributed by atoms with Gasteiger partial charge in [-0.3, -0.25) is 14.9 Å². The highest BCUT2D eigenvalue weighted by molar-refractivity contribution is 5.83. The van der Waals surface area contributed by atoms with E-state index in [1.54, 1.807) is 12.1 Å². The Kier molecular flexibility index (Phi) is 5.37. The summed E-state index contributed by atoms with van der Waals surface area (Å²) in [5, 5.41) is 14.5. The summed E-state index contributed by atoms with van der Waals surface area (Å²) >= 11 is 0. The van der Waals surface area contributed by atoms with E-state index in [2.05, 4.69) is 10.5 Å². The molecule has 0 radical (unpaired) electrons. The topological polar surface area (TPSA) is 84.6 Å². The molecule has 0 unspecified atom stereocenters. The number of nitro benzene ring substituents is 1. The molecule has 0 aromatic heterocycles. The van der Waals surface area contributed by atoms with Crippen molar-refractivity contribution < 1.29 is 9.72 Å². The van der Waals surface area contributed by atoms with Crippen LogP contribution in [0.4, 0.5) is 5.69 Å². The van der Waals surface area contributed by atoms with Crippen molar-refractivity contribution in [1.82, 2.24) is 5.43 Å². The average Bonchev–Trinajstić information content (AvgIpc) is 2.54. The Hall–Kier alpha value is -3.02. The maximum absolute atomic E-state index is 11.6. The van der Waals surface area contributed by atoms with Crippen molar-refractivity contribution in [1.29, 1.82) is 0 Å². The first-order valence-electron chi connectivity index (χ1n) is 6.75. The zero-order chi connectivity index (χ0) is 15.8. The third kappa shape index (κ3) is 4.82. The predicted octanol–water partition coefficient (Wildman–Crippen LogP) is 2.68. The van der Waals surface area contributed by atoms with Gasteiger partial charge in [-0.25, -0.2) is 5.43 Å². The van der Waals surface area contributed by atoms with Gasteiger partial charge in [-0.15, -0.1) is 0 Å². The molecule has 2 aromatic rings. The minimum atomic E-state index is -0.476. The van der Waals surface area contributed by atoms with Crippen LogP contribution in [0, 0.1) is 10.1 Å². The molecule has 0 saturated carbocycles. The van der Waals surface area contributed by atoms with Gasteiger partial charge in [-0.1, -0.05) is 42.5 Å². The van der Waals surface area contributed by atoms with E-state index >= 15 is 0 Å². The number of carbonyl (C=O) groups excluding carboxylic acids is 1. The standard InChI is InChI=1S/C16H15N3O3/c20-16(10-9-13-5-2-1-3-6-13)18-17-12-14-7-4-8-15(11-14)19(21)22/h1-8,11-12H,9-10H2,(H,18,20). The number of amides is 1. The van der Waals surface area contributed by atoms with Gasteiger partial charge in [0.15, 0.2) is 0 Å². The van der Waals surface area contributed by atoms with Crippen LogP contribution in [0.5, 0.6) is 0 Å². The Morgan fingerprint density at radius 2 is 1.95 bits per heavy atom. The molecule has 22 heavy (non-hydrogen) atoms. The van der Waals surface area contributed by atoms with Crippen LogP contribution in [-0.4, -0.2) is 17.0 Å². The third-order valence-corrected chi connectivity index (χ3v) is 2.97. The number of hydrogen-bond donors (Lipinski definition) is 1. The molecule has 1 amide bonds. The highest BCUT2D eigenvalue weighted by Gasteiger charge is 2.04. The van der Waals surface area contributed by atoms with Gasteiger partial charge < -0.3 is 0 Å². The molecule has 0 atom stereocenters. The fourth-order valence-electron chi connectivity index (χ4n) is 1.86. The third-order valence-electron chi connectivity index (χ3n) is 2.97. The second-order valence-electron chi connectivity index (χ2n) is 4.63. The van der Waals surface area contributed by atoms with Gasteiger partial charge in [0.05, 0.1) is 11.1 Å². The number of nitrogens with zero attached hydrogens (tertiary/aromatic N) is 2. The molecule has 6 nitrogen and oxygen atoms in total. The number of benzene rings is 2. The number of non-ortho nitro benzene ring substituents is 1. The van der Waals surface area contributed by atoms with Crippen molar-refractivity contribution in [2.45, 2.75) is 12.8 Å². The first-order valence-corrected chi connectivity index (χ1v) is 6.75. The monoisotopic (exact) mass is 297 g/mol. The summed E-state index contributed by atoms with van der Waals surface area (Å²) in [5.41, 5.74) is 4.03. The Morgan fingerprint density at radius 3 is 2.68 bits per heavy atom. The van der Waals surface area contributed by atoms with E-state index in [1.807, 2.05) is 30.3 Å². The minimum absolute atomic E-state index is 0.0145. The zero-order valence-corrected chi connectivity index (χ0v) is 11.8. The van der Waals surface area contributed by atoms with E-state index < -0.39 is 4.92 Å². The van der Waals surface area contributed by atoms with E-state index in [1.165, 1.54) is 18.3 Å². The van der Waals surface area contributed by atoms with E-state index in [9.17, 15) is 14.9 Å². The lowest BCUT2D eigenvalue weighted by Gasteiger charge is -2.00. The molecular formula is C16H15N3O3. The number of nitrogens with one attached hydrogen (secondary N) is 1. The summed E-state index contributed by atoms with van der Waals surface area (Å²) in [7, 11) is 0. The lowest BCUT2D eigenvalue weighted by molar-refractivity contribution is -0.384. The lowest BCUT2D eigenvalue weighted by Crippen LogP contribution is -2.17. The first kappa shape index (κ1) is 15.4. The Morgan fingerprint density at radius 1 is 1.18 bits per heavy atom. The van der Waals surface area contributed by atoms with E-state index in [0.29, 0.717) is 18.4 Å². The van der Waals surface area contributed by atoms with Gasteiger partial charge in [0, 0.05) is 24.1 Å². The highest BCUT2D eigenvalue weighted by atomic mass is 16.6. The number of nitro groups is 1. The van der Waals surface area contributed by atoms with Crippen molar-refractivity contribution in [3.05, 3.63) is 75.8 Å². The summed E-state index contributed by atoms with van der Waals surface area (Å²) < 4.78 is 0. The SMILES string of the molecule is O=C(CCc1ccccc1)NN=Cc1cccc([N+](=O)[O-])c1. The molecule has 0 spiro atoms. The molecule has 0 aliphatic rings. The molecule has 112 valence electrons. The molecule has 0 fully saturated rings. The molecule has 6 heteroatoms. The number of rotatable bonds is 6. The van der Waals surface area contributed by atoms with Crippen LogP contribution in [0.25, 0.3) is 0 Å². The summed E-state index contributed by atoms with van der Waals surface area (Å²) in [6.07, 6.45) is 2.35. The minimum Gasteiger partial charge on any atom is -0.273 e. The summed E-state index contributed by atoms with van der Waals surface area (Å²) in [4.78, 5) is 21.8. The maximum Gasteiger partial charge on any atom is 0.270 e. The molecule has 2 rings (SSSR count). The van der Waals surface area contributed by atoms with Crippen molar-refractivity contribution in [2.75, 3.05) is 0 Å². The maximum atomic E-state index is 11.6. The highest BCUT2D eigenvalue weighted by Crippen LogP contribution is 2.11. The van der Waals surface area contributed by atoms with Crippen LogP contribution >= 0.6 is 0 Å². The second-order valence-corrected chi connectivity index (χ2v) is 4.63. The quantitative estimate of drug-likeness (QED) is 0.505. The number of carbonyl (C=O) groups is 1. The molecule has 1 N–H and O–H groups in total. The summed E-state index contributed by atoms with van der Waals surface area (Å²) in [6, 6.07) is 15.7. The zero-order valence-electron chi connectivity index (χ0n) is 11.8. The van der Waals surface area contributed by atoms with Crippen molar-refractivity contribution >= 4 is 17.8 Å². The Labute approximate surface area is 127 Å². The van der Waals surface area contributed by atoms with E-state index in [4.69, 9.17) is 0 Å². The van der Waals surface area contributed by atoms with Crippen molar-refractivity contribution in [3.63, 3.8) is 0 Å². The smallest absolute Gasteiger partial charge is 0.270 e. The Bertz CT molecular complexity index is 684. The second kappa shape index (κ2) is 7.68. The molecular weight excluding hydrogens is 282 g/mol. The molecule has 0 aliphatic carbocycles. The van der Waals surface area contributed by atoms with Crippen LogP contribution in [0.3, 0.4) is 0 Å². The Balaban J connectivity index is 1.83. The lowest BCUT2D eigenvalue weighted by atomic mass is 10.1. The molecule has 2 aromatic carbocycles. The van der Waals surface area contributed by atoms with Crippen LogP contribution < -0.4 is 5.43 Å². The largest absolute Gasteiger partial charge is 0.273 e. The van der Waals surface area contributed by atoms with Crippen LogP contribution in [0.1, 0.15) is 17.5 Å². The van der Waals surface area contributed by atoms with Gasteiger partial charge in [-0.05, 0) is 12.0 Å². The molecule has 0 bridgehead atoms. The van der Waals surface area contributed by atoms with Crippen molar-refractivity contribution in [2.24, 2.45) is 5.10 Å². The number of hydrazone groups is 1. The van der Waals surface area contributed by atoms with Gasteiger partial charge in [0.25, 0.3) is 5.69 Å². The van der Waals surface area contributed by atoms with Crippen LogP contribution in [0.2, 0.25) is 0 Å². The predicted molar refractivity (Wildman–Crippen MR) is 83.6 cm³/mol. The molecule has 0 saturated heterocycles. The average molecular weight is 297 g/mol. The number of aryl methyl sites for hydroxylation is 1. The first-order chi connectivity index (χ1) is 10.6. The normalized spacial score (nSPS) is 10.5. The molecule has 0 aliphatic heterocycles. The summed E-state index contributed by atoms with van der Waals surface area (Å²) in [6.45, 7) is 0. The van der Waals surface area contributed by atoms with E-state index in [-0.39, 0.29) is 11.6 Å². The van der Waals surface area contributed by atoms with Gasteiger partial charge in [0.1, 0.15) is 0 Å². The number of hydrogen-bond acceptors (Lipinski definition) is 4. The fourth-order valence-corrected chi connectivity index (χ4v) is 1.86. The van der Waals surface area contributed by atoms with Crippen LogP contribution in [0.15, 0.2) is 59.7 Å². The van der Waals surface area contributed by atoms with Crippen molar-refractivity contribution in [3.8, 4) is 0 Å². The van der Waals surface area contributed by atoms with Crippen LogP contribution in [-0.2, 0) is 11.2 Å².